The number of allylic oxidation sites excluding steroid dienone is 4. The van der Waals surface area contributed by atoms with E-state index >= 15 is 0 Å². The number of aryl methyl sites for hydroxylation is 1. The minimum absolute atomic E-state index is 0.209. The largest absolute Gasteiger partial charge is 0.396 e. The third-order valence-corrected chi connectivity index (χ3v) is 7.41. The average molecular weight is 502 g/mol. The number of nitroso groups, excluding NO2 is 1. The lowest BCUT2D eigenvalue weighted by Crippen LogP contribution is -2.37. The number of nitrogen functional groups attached to an aromatic ring is 1. The zero-order chi connectivity index (χ0) is 26.9. The fourth-order valence-electron chi connectivity index (χ4n) is 2.72. The van der Waals surface area contributed by atoms with Gasteiger partial charge >= 0.3 is 0 Å². The van der Waals surface area contributed by atoms with Gasteiger partial charge in [0.25, 0.3) is 0 Å². The first-order valence-corrected chi connectivity index (χ1v) is 12.7. The monoisotopic (exact) mass is 501 g/mol. The number of nitrogens with zero attached hydrogens (tertiary/aromatic N) is 1. The number of aliphatic hydroxyl groups is 1. The highest BCUT2D eigenvalue weighted by molar-refractivity contribution is 8.00. The fourth-order valence-corrected chi connectivity index (χ4v) is 4.75. The van der Waals surface area contributed by atoms with E-state index in [4.69, 9.17) is 10.8 Å². The molecule has 1 saturated carbocycles. The highest BCUT2D eigenvalue weighted by Crippen LogP contribution is 2.47. The molecule has 34 heavy (non-hydrogen) atoms. The van der Waals surface area contributed by atoms with Crippen LogP contribution in [0.5, 0.6) is 0 Å². The lowest BCUT2D eigenvalue weighted by molar-refractivity contribution is 0.258. The van der Waals surface area contributed by atoms with Crippen molar-refractivity contribution in [1.82, 2.24) is 4.72 Å². The summed E-state index contributed by atoms with van der Waals surface area (Å²) in [5.41, 5.74) is 7.50. The Morgan fingerprint density at radius 1 is 1.32 bits per heavy atom. The summed E-state index contributed by atoms with van der Waals surface area (Å²) in [7, 11) is -2.67. The van der Waals surface area contributed by atoms with Crippen LogP contribution in [0.4, 0.5) is 14.5 Å². The van der Waals surface area contributed by atoms with Gasteiger partial charge < -0.3 is 15.6 Å². The fraction of sp³-hybridized carbons (Fsp3) is 0.480. The molecule has 0 heterocycles. The second kappa shape index (κ2) is 17.0. The highest BCUT2D eigenvalue weighted by Gasteiger charge is 2.51. The SMILES string of the molecule is C=C.C=S(=O)(N/C(C)=C/C=C(/C)CF)C1(CC(CO)N=O)CC1.CC.Cc1ccc(N)c(F)c1. The Labute approximate surface area is 204 Å². The number of hydrogen-bond donors (Lipinski definition) is 3. The van der Waals surface area contributed by atoms with Crippen LogP contribution in [0.25, 0.3) is 0 Å². The lowest BCUT2D eigenvalue weighted by Gasteiger charge is -2.24. The van der Waals surface area contributed by atoms with E-state index < -0.39 is 27.2 Å². The molecule has 2 atom stereocenters. The summed E-state index contributed by atoms with van der Waals surface area (Å²) >= 11 is 0. The third kappa shape index (κ3) is 11.6. The van der Waals surface area contributed by atoms with Gasteiger partial charge in [0, 0.05) is 5.70 Å². The van der Waals surface area contributed by atoms with E-state index in [1.54, 1.807) is 38.1 Å². The van der Waals surface area contributed by atoms with Crippen LogP contribution in [-0.2, 0) is 9.71 Å². The number of nitrogens with one attached hydrogen (secondary N) is 1. The number of rotatable bonds is 9. The number of anilines is 1. The number of aliphatic hydroxyl groups excluding tert-OH is 1. The maximum Gasteiger partial charge on any atom is 0.146 e. The Morgan fingerprint density at radius 2 is 1.88 bits per heavy atom. The molecule has 0 bridgehead atoms. The van der Waals surface area contributed by atoms with Crippen LogP contribution < -0.4 is 10.5 Å². The molecule has 2 rings (SSSR count). The van der Waals surface area contributed by atoms with Gasteiger partial charge in [-0.1, -0.05) is 31.2 Å². The summed E-state index contributed by atoms with van der Waals surface area (Å²) in [5, 5.41) is 11.9. The van der Waals surface area contributed by atoms with Crippen LogP contribution in [0.1, 0.15) is 52.5 Å². The van der Waals surface area contributed by atoms with E-state index in [-0.39, 0.29) is 24.5 Å². The first kappa shape index (κ1) is 33.7. The van der Waals surface area contributed by atoms with Crippen LogP contribution in [-0.4, -0.2) is 39.3 Å². The van der Waals surface area contributed by atoms with Crippen molar-refractivity contribution in [3.8, 4) is 0 Å². The second-order valence-corrected chi connectivity index (χ2v) is 10.0. The number of nitrogens with two attached hydrogens (primary N) is 1. The van der Waals surface area contributed by atoms with Gasteiger partial charge in [-0.05, 0) is 75.2 Å². The van der Waals surface area contributed by atoms with Crippen molar-refractivity contribution >= 4 is 21.3 Å². The maximum atomic E-state index is 12.8. The van der Waals surface area contributed by atoms with E-state index in [0.29, 0.717) is 24.1 Å². The smallest absolute Gasteiger partial charge is 0.146 e. The number of alkyl halides is 1. The molecule has 1 aliphatic rings. The van der Waals surface area contributed by atoms with E-state index in [1.807, 2.05) is 20.8 Å². The molecule has 6 nitrogen and oxygen atoms in total. The second-order valence-electron chi connectivity index (χ2n) is 7.63. The molecule has 0 amide bonds. The molecule has 9 heteroatoms. The van der Waals surface area contributed by atoms with Gasteiger partial charge in [-0.25, -0.2) is 13.0 Å². The Bertz CT molecular complexity index is 912. The maximum absolute atomic E-state index is 12.8. The first-order chi connectivity index (χ1) is 16.0. The van der Waals surface area contributed by atoms with Gasteiger partial charge in [0.1, 0.15) is 18.5 Å². The minimum Gasteiger partial charge on any atom is -0.396 e. The lowest BCUT2D eigenvalue weighted by atomic mass is 10.1. The van der Waals surface area contributed by atoms with Gasteiger partial charge in [-0.2, -0.15) is 4.91 Å². The number of hydrogen-bond acceptors (Lipinski definition) is 5. The highest BCUT2D eigenvalue weighted by atomic mass is 32.2. The van der Waals surface area contributed by atoms with Gasteiger partial charge in [0.15, 0.2) is 0 Å². The van der Waals surface area contributed by atoms with Crippen molar-refractivity contribution in [2.24, 2.45) is 5.18 Å². The van der Waals surface area contributed by atoms with Gasteiger partial charge in [0.05, 0.1) is 26.7 Å². The molecule has 0 spiro atoms. The summed E-state index contributed by atoms with van der Waals surface area (Å²) in [4.78, 5) is 10.6. The zero-order valence-electron chi connectivity index (χ0n) is 21.1. The Morgan fingerprint density at radius 3 is 2.26 bits per heavy atom. The zero-order valence-corrected chi connectivity index (χ0v) is 21.9. The molecule has 4 N–H and O–H groups in total. The Kier molecular flexibility index (Phi) is 16.8. The van der Waals surface area contributed by atoms with Crippen LogP contribution in [0.2, 0.25) is 0 Å². The van der Waals surface area contributed by atoms with Crippen molar-refractivity contribution in [1.29, 1.82) is 0 Å². The van der Waals surface area contributed by atoms with Crippen molar-refractivity contribution in [2.45, 2.75) is 64.7 Å². The van der Waals surface area contributed by atoms with Crippen LogP contribution in [0.3, 0.4) is 0 Å². The Hall–Kier alpha value is -2.52. The molecule has 1 aliphatic carbocycles. The molecule has 1 fully saturated rings. The van der Waals surface area contributed by atoms with Gasteiger partial charge in [-0.15, -0.1) is 13.2 Å². The molecule has 2 unspecified atom stereocenters. The molecule has 0 radical (unpaired) electrons. The van der Waals surface area contributed by atoms with E-state index in [9.17, 15) is 17.9 Å². The van der Waals surface area contributed by atoms with E-state index in [0.717, 1.165) is 5.56 Å². The summed E-state index contributed by atoms with van der Waals surface area (Å²) in [5.74, 6) is 3.43. The molecule has 194 valence electrons. The molecule has 0 aromatic heterocycles. The molecule has 1 aromatic carbocycles. The number of halogens is 2. The van der Waals surface area contributed by atoms with Crippen LogP contribution >= 0.6 is 0 Å². The average Bonchev–Trinajstić information content (AvgIpc) is 3.63. The normalized spacial score (nSPS) is 16.6. The summed E-state index contributed by atoms with van der Waals surface area (Å²) in [6.45, 7) is 14.3. The molecule has 0 aliphatic heterocycles. The number of benzene rings is 1. The van der Waals surface area contributed by atoms with Crippen molar-refractivity contribution < 1.29 is 18.1 Å². The Balaban J connectivity index is 0. The molecule has 1 aromatic rings. The van der Waals surface area contributed by atoms with Gasteiger partial charge in [0.2, 0.25) is 0 Å². The third-order valence-electron chi connectivity index (χ3n) is 4.79. The predicted octanol–water partition coefficient (Wildman–Crippen LogP) is 5.62. The molecular formula is C25H41F2N3O3S. The van der Waals surface area contributed by atoms with Crippen molar-refractivity contribution in [2.75, 3.05) is 19.0 Å². The van der Waals surface area contributed by atoms with Gasteiger partial charge in [-0.3, -0.25) is 0 Å². The van der Waals surface area contributed by atoms with Crippen molar-refractivity contribution in [3.05, 3.63) is 71.1 Å². The topological polar surface area (TPSA) is 105 Å². The minimum atomic E-state index is -2.67. The standard InChI is InChI=1S/C14H23FN2O3S.C7H8FN.C2H6.C2H4/c1-11(9-15)4-5-12(2)17-21(3,20)14(6-7-14)8-13(10-18)16-19;1-5-2-3-7(9)6(8)4-5;2*1-2/h4-5,13,18H,3,6-10H2,1-2H3,(H,17,20);2-4H,9H2,1H3;1-2H3;1-2H2/b11-4-,12-5+;;;. The molecule has 0 saturated heterocycles. The first-order valence-electron chi connectivity index (χ1n) is 11.0. The quantitative estimate of drug-likeness (QED) is 0.134. The predicted molar refractivity (Wildman–Crippen MR) is 143 cm³/mol. The van der Waals surface area contributed by atoms with Crippen LogP contribution in [0, 0.1) is 17.6 Å². The summed E-state index contributed by atoms with van der Waals surface area (Å²) in [6, 6.07) is 3.99. The summed E-state index contributed by atoms with van der Waals surface area (Å²) < 4.78 is 39.9. The summed E-state index contributed by atoms with van der Waals surface area (Å²) in [6.07, 6.45) is 4.88. The molecular weight excluding hydrogens is 460 g/mol. The van der Waals surface area contributed by atoms with Crippen LogP contribution in [0.15, 0.2) is 60.0 Å². The van der Waals surface area contributed by atoms with Crippen molar-refractivity contribution in [3.63, 3.8) is 0 Å². The van der Waals surface area contributed by atoms with E-state index in [1.165, 1.54) is 6.07 Å². The van der Waals surface area contributed by atoms with E-state index in [2.05, 4.69) is 28.9 Å².